The van der Waals surface area contributed by atoms with Crippen LogP contribution in [0.2, 0.25) is 5.02 Å². The number of hydrogen-bond acceptors (Lipinski definition) is 3. The SMILES string of the molecule is Cc1c(Cl)cccc1NCC(=O)Nc1ccc(N2CCC(C)CC2)cc1. The number of nitrogens with zero attached hydrogens (tertiary/aromatic N) is 1. The molecule has 0 bridgehead atoms. The average molecular weight is 372 g/mol. The zero-order chi connectivity index (χ0) is 18.5. The van der Waals surface area contributed by atoms with Crippen LogP contribution in [0.15, 0.2) is 42.5 Å². The van der Waals surface area contributed by atoms with Crippen LogP contribution < -0.4 is 15.5 Å². The van der Waals surface area contributed by atoms with Crippen LogP contribution in [-0.2, 0) is 4.79 Å². The number of hydrogen-bond donors (Lipinski definition) is 2. The first-order chi connectivity index (χ1) is 12.5. The molecular weight excluding hydrogens is 346 g/mol. The van der Waals surface area contributed by atoms with Gasteiger partial charge in [-0.1, -0.05) is 24.6 Å². The Morgan fingerprint density at radius 1 is 1.15 bits per heavy atom. The maximum Gasteiger partial charge on any atom is 0.243 e. The number of rotatable bonds is 5. The molecule has 2 N–H and O–H groups in total. The lowest BCUT2D eigenvalue weighted by atomic mass is 9.99. The molecule has 0 radical (unpaired) electrons. The van der Waals surface area contributed by atoms with Gasteiger partial charge in [0.05, 0.1) is 6.54 Å². The minimum absolute atomic E-state index is 0.0797. The van der Waals surface area contributed by atoms with Crippen molar-refractivity contribution in [2.24, 2.45) is 5.92 Å². The van der Waals surface area contributed by atoms with Gasteiger partial charge in [0.15, 0.2) is 0 Å². The minimum atomic E-state index is -0.0797. The summed E-state index contributed by atoms with van der Waals surface area (Å²) in [6, 6.07) is 13.7. The molecule has 1 aliphatic heterocycles. The Hall–Kier alpha value is -2.20. The second-order valence-corrected chi connectivity index (χ2v) is 7.44. The molecule has 1 fully saturated rings. The number of nitrogens with one attached hydrogen (secondary N) is 2. The number of benzene rings is 2. The number of carbonyl (C=O) groups excluding carboxylic acids is 1. The van der Waals surface area contributed by atoms with Crippen molar-refractivity contribution in [2.75, 3.05) is 35.2 Å². The molecule has 0 spiro atoms. The first-order valence-corrected chi connectivity index (χ1v) is 9.54. The summed E-state index contributed by atoms with van der Waals surface area (Å²) in [5, 5.41) is 6.76. The first kappa shape index (κ1) is 18.6. The van der Waals surface area contributed by atoms with E-state index in [1.807, 2.05) is 37.3 Å². The summed E-state index contributed by atoms with van der Waals surface area (Å²) >= 11 is 6.10. The topological polar surface area (TPSA) is 44.4 Å². The Kier molecular flexibility index (Phi) is 6.04. The lowest BCUT2D eigenvalue weighted by molar-refractivity contribution is -0.114. The van der Waals surface area contributed by atoms with Gasteiger partial charge in [0.2, 0.25) is 5.91 Å². The van der Waals surface area contributed by atoms with Gasteiger partial charge in [-0.2, -0.15) is 0 Å². The van der Waals surface area contributed by atoms with Crippen LogP contribution in [0.25, 0.3) is 0 Å². The van der Waals surface area contributed by atoms with Crippen molar-refractivity contribution in [3.05, 3.63) is 53.1 Å². The van der Waals surface area contributed by atoms with E-state index in [2.05, 4.69) is 34.6 Å². The Labute approximate surface area is 160 Å². The molecule has 0 aliphatic carbocycles. The third kappa shape index (κ3) is 4.70. The second-order valence-electron chi connectivity index (χ2n) is 7.03. The van der Waals surface area contributed by atoms with Gasteiger partial charge in [-0.25, -0.2) is 0 Å². The van der Waals surface area contributed by atoms with Crippen LogP contribution in [0.5, 0.6) is 0 Å². The zero-order valence-electron chi connectivity index (χ0n) is 15.4. The van der Waals surface area contributed by atoms with Crippen molar-refractivity contribution in [1.29, 1.82) is 0 Å². The number of carbonyl (C=O) groups is 1. The number of piperidine rings is 1. The van der Waals surface area contributed by atoms with Gasteiger partial charge in [-0.05, 0) is 67.6 Å². The summed E-state index contributed by atoms with van der Waals surface area (Å²) in [5.74, 6) is 0.740. The summed E-state index contributed by atoms with van der Waals surface area (Å²) in [4.78, 5) is 14.6. The monoisotopic (exact) mass is 371 g/mol. The first-order valence-electron chi connectivity index (χ1n) is 9.17. The molecule has 2 aromatic rings. The zero-order valence-corrected chi connectivity index (χ0v) is 16.1. The molecule has 0 atom stereocenters. The summed E-state index contributed by atoms with van der Waals surface area (Å²) in [7, 11) is 0. The summed E-state index contributed by atoms with van der Waals surface area (Å²) < 4.78 is 0. The van der Waals surface area contributed by atoms with Crippen molar-refractivity contribution >= 4 is 34.6 Å². The Morgan fingerprint density at radius 2 is 1.85 bits per heavy atom. The second kappa shape index (κ2) is 8.45. The highest BCUT2D eigenvalue weighted by atomic mass is 35.5. The molecular formula is C21H26ClN3O. The highest BCUT2D eigenvalue weighted by Gasteiger charge is 2.15. The van der Waals surface area contributed by atoms with E-state index in [9.17, 15) is 4.79 Å². The molecule has 3 rings (SSSR count). The average Bonchev–Trinajstić information content (AvgIpc) is 2.64. The van der Waals surface area contributed by atoms with Gasteiger partial charge in [0, 0.05) is 35.2 Å². The molecule has 1 heterocycles. The molecule has 26 heavy (non-hydrogen) atoms. The van der Waals surface area contributed by atoms with Crippen LogP contribution in [0.4, 0.5) is 17.1 Å². The normalized spacial score (nSPS) is 15.0. The molecule has 0 unspecified atom stereocenters. The number of anilines is 3. The predicted molar refractivity (Wildman–Crippen MR) is 110 cm³/mol. The lowest BCUT2D eigenvalue weighted by Gasteiger charge is -2.32. The maximum atomic E-state index is 12.2. The van der Waals surface area contributed by atoms with Gasteiger partial charge < -0.3 is 15.5 Å². The molecule has 1 amide bonds. The van der Waals surface area contributed by atoms with E-state index >= 15 is 0 Å². The molecule has 0 saturated carbocycles. The van der Waals surface area contributed by atoms with Gasteiger partial charge in [0.25, 0.3) is 0 Å². The third-order valence-corrected chi connectivity index (χ3v) is 5.42. The highest BCUT2D eigenvalue weighted by Crippen LogP contribution is 2.25. The van der Waals surface area contributed by atoms with Crippen molar-refractivity contribution in [3.63, 3.8) is 0 Å². The minimum Gasteiger partial charge on any atom is -0.376 e. The molecule has 138 valence electrons. The van der Waals surface area contributed by atoms with Crippen LogP contribution in [0, 0.1) is 12.8 Å². The fraction of sp³-hybridized carbons (Fsp3) is 0.381. The van der Waals surface area contributed by atoms with Crippen molar-refractivity contribution in [2.45, 2.75) is 26.7 Å². The molecule has 0 aromatic heterocycles. The molecule has 4 nitrogen and oxygen atoms in total. The maximum absolute atomic E-state index is 12.2. The van der Waals surface area contributed by atoms with E-state index < -0.39 is 0 Å². The fourth-order valence-electron chi connectivity index (χ4n) is 3.20. The van der Waals surface area contributed by atoms with E-state index in [0.717, 1.165) is 35.9 Å². The lowest BCUT2D eigenvalue weighted by Crippen LogP contribution is -2.32. The summed E-state index contributed by atoms with van der Waals surface area (Å²) in [5.41, 5.74) is 3.86. The quantitative estimate of drug-likeness (QED) is 0.782. The van der Waals surface area contributed by atoms with Crippen molar-refractivity contribution < 1.29 is 4.79 Å². The Morgan fingerprint density at radius 3 is 2.54 bits per heavy atom. The van der Waals surface area contributed by atoms with E-state index in [1.54, 1.807) is 0 Å². The van der Waals surface area contributed by atoms with E-state index in [4.69, 9.17) is 11.6 Å². The third-order valence-electron chi connectivity index (χ3n) is 5.01. The largest absolute Gasteiger partial charge is 0.376 e. The number of amides is 1. The van der Waals surface area contributed by atoms with Crippen LogP contribution in [-0.4, -0.2) is 25.5 Å². The smallest absolute Gasteiger partial charge is 0.243 e. The van der Waals surface area contributed by atoms with E-state index in [-0.39, 0.29) is 12.5 Å². The van der Waals surface area contributed by atoms with Crippen molar-refractivity contribution in [1.82, 2.24) is 0 Å². The van der Waals surface area contributed by atoms with Crippen molar-refractivity contribution in [3.8, 4) is 0 Å². The van der Waals surface area contributed by atoms with Gasteiger partial charge >= 0.3 is 0 Å². The molecule has 5 heteroatoms. The molecule has 2 aromatic carbocycles. The van der Waals surface area contributed by atoms with Crippen LogP contribution >= 0.6 is 11.6 Å². The van der Waals surface area contributed by atoms with E-state index in [1.165, 1.54) is 18.5 Å². The highest BCUT2D eigenvalue weighted by molar-refractivity contribution is 6.31. The van der Waals surface area contributed by atoms with Crippen LogP contribution in [0.3, 0.4) is 0 Å². The summed E-state index contributed by atoms with van der Waals surface area (Å²) in [6.45, 7) is 6.66. The fourth-order valence-corrected chi connectivity index (χ4v) is 3.38. The molecule has 1 aliphatic rings. The van der Waals surface area contributed by atoms with Gasteiger partial charge in [0.1, 0.15) is 0 Å². The van der Waals surface area contributed by atoms with Gasteiger partial charge in [-0.3, -0.25) is 4.79 Å². The Bertz CT molecular complexity index is 752. The van der Waals surface area contributed by atoms with Gasteiger partial charge in [-0.15, -0.1) is 0 Å². The van der Waals surface area contributed by atoms with E-state index in [0.29, 0.717) is 5.02 Å². The standard InChI is InChI=1S/C21H26ClN3O/c1-15-10-12-25(13-11-15)18-8-6-17(7-9-18)24-21(26)14-23-20-5-3-4-19(22)16(20)2/h3-9,15,23H,10-14H2,1-2H3,(H,24,26). The summed E-state index contributed by atoms with van der Waals surface area (Å²) in [6.07, 6.45) is 2.49. The number of halogens is 1. The molecule has 1 saturated heterocycles. The Balaban J connectivity index is 1.52. The van der Waals surface area contributed by atoms with Crippen LogP contribution in [0.1, 0.15) is 25.3 Å². The predicted octanol–water partition coefficient (Wildman–Crippen LogP) is 4.94.